The Morgan fingerprint density at radius 3 is 2.62 bits per heavy atom. The molecule has 4 atom stereocenters. The molecular formula is C12H21INO2+. The number of fused-ring (bicyclic) bond motifs is 2. The summed E-state index contributed by atoms with van der Waals surface area (Å²) in [6, 6.07) is 0. The number of esters is 1. The lowest BCUT2D eigenvalue weighted by atomic mass is 9.80. The van der Waals surface area contributed by atoms with E-state index in [2.05, 4.69) is 36.4 Å². The van der Waals surface area contributed by atoms with Crippen LogP contribution >= 0.6 is 22.6 Å². The first-order valence-corrected chi connectivity index (χ1v) is 7.35. The van der Waals surface area contributed by atoms with E-state index in [-0.39, 0.29) is 15.5 Å². The molecule has 0 spiro atoms. The molecule has 16 heavy (non-hydrogen) atoms. The van der Waals surface area contributed by atoms with Gasteiger partial charge >= 0.3 is 5.97 Å². The fourth-order valence-electron chi connectivity index (χ4n) is 3.20. The zero-order valence-electron chi connectivity index (χ0n) is 10.3. The van der Waals surface area contributed by atoms with Crippen LogP contribution in [0.25, 0.3) is 0 Å². The first-order valence-electron chi connectivity index (χ1n) is 6.10. The van der Waals surface area contributed by atoms with Crippen LogP contribution in [0, 0.1) is 11.8 Å². The van der Waals surface area contributed by atoms with Crippen molar-refractivity contribution >= 4 is 28.6 Å². The van der Waals surface area contributed by atoms with Gasteiger partial charge in [-0.05, 0) is 20.8 Å². The van der Waals surface area contributed by atoms with Crippen LogP contribution in [0.5, 0.6) is 0 Å². The van der Waals surface area contributed by atoms with Gasteiger partial charge in [0.25, 0.3) is 0 Å². The van der Waals surface area contributed by atoms with E-state index < -0.39 is 0 Å². The van der Waals surface area contributed by atoms with Crippen molar-refractivity contribution in [1.29, 1.82) is 0 Å². The van der Waals surface area contributed by atoms with Gasteiger partial charge in [0.2, 0.25) is 0 Å². The molecule has 1 N–H and O–H groups in total. The van der Waals surface area contributed by atoms with E-state index in [1.807, 2.05) is 6.92 Å². The Hall–Kier alpha value is 0.160. The quantitative estimate of drug-likeness (QED) is 0.466. The first-order chi connectivity index (χ1) is 7.40. The van der Waals surface area contributed by atoms with Crippen molar-refractivity contribution in [2.45, 2.75) is 36.7 Å². The Balaban J connectivity index is 1.99. The fourth-order valence-corrected chi connectivity index (χ4v) is 3.33. The van der Waals surface area contributed by atoms with Gasteiger partial charge in [-0.3, -0.25) is 4.79 Å². The summed E-state index contributed by atoms with van der Waals surface area (Å²) < 4.78 is 5.62. The molecular weight excluding hydrogens is 317 g/mol. The Bertz CT molecular complexity index is 291. The zero-order chi connectivity index (χ0) is 11.9. The highest BCUT2D eigenvalue weighted by molar-refractivity contribution is 14.1. The van der Waals surface area contributed by atoms with Crippen LogP contribution in [0.4, 0.5) is 0 Å². The molecule has 2 bridgehead atoms. The fraction of sp³-hybridized carbons (Fsp3) is 0.917. The maximum absolute atomic E-state index is 11.7. The number of carbonyl (C=O) groups excluding carboxylic acids is 1. The van der Waals surface area contributed by atoms with Crippen LogP contribution < -0.4 is 4.90 Å². The van der Waals surface area contributed by atoms with Crippen LogP contribution in [0.2, 0.25) is 0 Å². The van der Waals surface area contributed by atoms with Gasteiger partial charge in [0, 0.05) is 12.3 Å². The number of hydrogen-bond donors (Lipinski definition) is 1. The van der Waals surface area contributed by atoms with E-state index in [1.165, 1.54) is 26.1 Å². The second kappa shape index (κ2) is 4.44. The smallest absolute Gasteiger partial charge is 0.319 e. The number of piperidine rings is 1. The Morgan fingerprint density at radius 1 is 1.50 bits per heavy atom. The molecule has 2 rings (SSSR count). The maximum Gasteiger partial charge on any atom is 0.319 e. The summed E-state index contributed by atoms with van der Waals surface area (Å²) in [5.41, 5.74) is -0.288. The average molecular weight is 338 g/mol. The van der Waals surface area contributed by atoms with Gasteiger partial charge in [-0.2, -0.15) is 0 Å². The lowest BCUT2D eigenvalue weighted by molar-refractivity contribution is -0.881. The molecule has 0 aromatic heterocycles. The number of ether oxygens (including phenoxy) is 1. The minimum atomic E-state index is -0.288. The minimum absolute atomic E-state index is 0.0527. The molecule has 0 aliphatic carbocycles. The van der Waals surface area contributed by atoms with E-state index in [4.69, 9.17) is 4.74 Å². The lowest BCUT2D eigenvalue weighted by Crippen LogP contribution is -3.09. The summed E-state index contributed by atoms with van der Waals surface area (Å²) >= 11 is 2.12. The van der Waals surface area contributed by atoms with Crippen molar-refractivity contribution < 1.29 is 14.4 Å². The molecule has 4 heteroatoms. The molecule has 2 fully saturated rings. The maximum atomic E-state index is 11.7. The molecule has 2 aliphatic heterocycles. The van der Waals surface area contributed by atoms with Crippen LogP contribution in [0.1, 0.15) is 27.2 Å². The highest BCUT2D eigenvalue weighted by Crippen LogP contribution is 2.34. The van der Waals surface area contributed by atoms with E-state index in [1.54, 1.807) is 4.90 Å². The predicted octanol–water partition coefficient (Wildman–Crippen LogP) is 0.666. The first kappa shape index (κ1) is 12.6. The Kier molecular flexibility index (Phi) is 3.50. The number of alkyl halides is 1. The van der Waals surface area contributed by atoms with E-state index in [0.29, 0.717) is 5.92 Å². The number of halogens is 1. The zero-order valence-corrected chi connectivity index (χ0v) is 12.4. The van der Waals surface area contributed by atoms with Gasteiger partial charge in [0.1, 0.15) is 9.53 Å². The normalized spacial score (nSPS) is 35.1. The number of nitrogens with one attached hydrogen (secondary N) is 1. The summed E-state index contributed by atoms with van der Waals surface area (Å²) in [4.78, 5) is 13.4. The molecule has 0 aromatic carbocycles. The summed E-state index contributed by atoms with van der Waals surface area (Å²) in [7, 11) is 0. The summed E-state index contributed by atoms with van der Waals surface area (Å²) in [6.45, 7) is 9.82. The highest BCUT2D eigenvalue weighted by atomic mass is 127. The second-order valence-corrected chi connectivity index (χ2v) is 7.57. The third-order valence-electron chi connectivity index (χ3n) is 4.08. The SMILES string of the molecule is CC(I)C(=O)OC(C)(C)C1C[NH+]2CCC1C2. The number of hydrogen-bond acceptors (Lipinski definition) is 2. The molecule has 2 saturated heterocycles. The third-order valence-corrected chi connectivity index (χ3v) is 4.59. The molecule has 2 aliphatic rings. The van der Waals surface area contributed by atoms with Gasteiger partial charge in [0.05, 0.1) is 25.6 Å². The summed E-state index contributed by atoms with van der Waals surface area (Å²) in [5, 5.41) is 0. The topological polar surface area (TPSA) is 30.7 Å². The van der Waals surface area contributed by atoms with Crippen molar-refractivity contribution in [1.82, 2.24) is 0 Å². The van der Waals surface area contributed by atoms with Crippen LogP contribution in [-0.2, 0) is 9.53 Å². The second-order valence-electron chi connectivity index (χ2n) is 5.70. The summed E-state index contributed by atoms with van der Waals surface area (Å²) in [6.07, 6.45) is 1.31. The molecule has 0 aromatic rings. The van der Waals surface area contributed by atoms with Crippen molar-refractivity contribution in [2.75, 3.05) is 19.6 Å². The minimum Gasteiger partial charge on any atom is -0.458 e. The molecule has 2 heterocycles. The van der Waals surface area contributed by atoms with Gasteiger partial charge in [0.15, 0.2) is 0 Å². The van der Waals surface area contributed by atoms with Gasteiger partial charge in [-0.15, -0.1) is 0 Å². The molecule has 0 saturated carbocycles. The van der Waals surface area contributed by atoms with Crippen molar-refractivity contribution in [2.24, 2.45) is 11.8 Å². The number of quaternary nitrogens is 1. The lowest BCUT2D eigenvalue weighted by Gasteiger charge is -2.34. The molecule has 0 radical (unpaired) electrons. The van der Waals surface area contributed by atoms with E-state index in [9.17, 15) is 4.79 Å². The Morgan fingerprint density at radius 2 is 2.19 bits per heavy atom. The molecule has 92 valence electrons. The van der Waals surface area contributed by atoms with Gasteiger partial charge < -0.3 is 9.64 Å². The highest BCUT2D eigenvalue weighted by Gasteiger charge is 2.50. The standard InChI is InChI=1S/C12H20INO2/c1-8(13)11(15)16-12(2,3)10-7-14-5-4-9(10)6-14/h8-10H,4-7H2,1-3H3/p+1. The van der Waals surface area contributed by atoms with Gasteiger partial charge in [-0.1, -0.05) is 22.6 Å². The van der Waals surface area contributed by atoms with Crippen LogP contribution in [-0.4, -0.2) is 35.1 Å². The average Bonchev–Trinajstić information content (AvgIpc) is 2.77. The third kappa shape index (κ3) is 2.37. The monoisotopic (exact) mass is 338 g/mol. The summed E-state index contributed by atoms with van der Waals surface area (Å²) in [5.74, 6) is 1.25. The van der Waals surface area contributed by atoms with Gasteiger partial charge in [-0.25, -0.2) is 0 Å². The predicted molar refractivity (Wildman–Crippen MR) is 70.8 cm³/mol. The number of rotatable bonds is 3. The van der Waals surface area contributed by atoms with Crippen molar-refractivity contribution in [3.8, 4) is 0 Å². The number of carbonyl (C=O) groups is 1. The molecule has 4 unspecified atom stereocenters. The molecule has 0 amide bonds. The van der Waals surface area contributed by atoms with Crippen LogP contribution in [0.3, 0.4) is 0 Å². The molecule has 3 nitrogen and oxygen atoms in total. The van der Waals surface area contributed by atoms with Crippen LogP contribution in [0.15, 0.2) is 0 Å². The van der Waals surface area contributed by atoms with Crippen molar-refractivity contribution in [3.05, 3.63) is 0 Å². The van der Waals surface area contributed by atoms with Crippen molar-refractivity contribution in [3.63, 3.8) is 0 Å². The Labute approximate surface area is 111 Å². The van der Waals surface area contributed by atoms with E-state index >= 15 is 0 Å². The largest absolute Gasteiger partial charge is 0.458 e. The van der Waals surface area contributed by atoms with E-state index in [0.717, 1.165) is 5.92 Å².